The molecule has 0 radical (unpaired) electrons. The van der Waals surface area contributed by atoms with E-state index in [9.17, 15) is 38.4 Å². The van der Waals surface area contributed by atoms with Crippen LogP contribution in [0.15, 0.2) is 146 Å². The number of hydrogen-bond acceptors (Lipinski definition) is 8. The van der Waals surface area contributed by atoms with Crippen LogP contribution in [0.3, 0.4) is 0 Å². The van der Waals surface area contributed by atoms with Crippen LogP contribution < -0.4 is 0 Å². The van der Waals surface area contributed by atoms with Crippen molar-refractivity contribution in [2.75, 3.05) is 13.1 Å². The van der Waals surface area contributed by atoms with Gasteiger partial charge in [0.25, 0.3) is 47.3 Å². The molecule has 0 aromatic heterocycles. The van der Waals surface area contributed by atoms with Gasteiger partial charge in [-0.3, -0.25) is 58.0 Å². The van der Waals surface area contributed by atoms with Crippen LogP contribution in [-0.2, 0) is 13.1 Å². The van der Waals surface area contributed by atoms with Crippen molar-refractivity contribution in [3.63, 3.8) is 0 Å². The maximum atomic E-state index is 14.3. The minimum absolute atomic E-state index is 0.0772. The number of imide groups is 4. The van der Waals surface area contributed by atoms with Gasteiger partial charge < -0.3 is 0 Å². The summed E-state index contributed by atoms with van der Waals surface area (Å²) in [7, 11) is 0. The van der Waals surface area contributed by atoms with Crippen molar-refractivity contribution in [3.8, 4) is 0 Å². The molecule has 12 aromatic carbocycles. The molecule has 406 valence electrons. The molecule has 16 rings (SSSR count). The Morgan fingerprint density at radius 1 is 0.250 bits per heavy atom. The van der Waals surface area contributed by atoms with Crippen LogP contribution in [0, 0.1) is 0 Å². The van der Waals surface area contributed by atoms with Crippen LogP contribution in [0.25, 0.3) is 86.2 Å². The molecule has 14 heteroatoms. The zero-order valence-corrected chi connectivity index (χ0v) is 46.3. The summed E-state index contributed by atoms with van der Waals surface area (Å²) in [6.45, 7) is 0.662. The van der Waals surface area contributed by atoms with E-state index in [1.807, 2.05) is 60.7 Å². The van der Waals surface area contributed by atoms with Crippen LogP contribution in [0.5, 0.6) is 0 Å². The third-order valence-electron chi connectivity index (χ3n) is 18.1. The maximum Gasteiger partial charge on any atom is 0.261 e. The Morgan fingerprint density at radius 2 is 0.476 bits per heavy atom. The molecule has 0 spiro atoms. The van der Waals surface area contributed by atoms with Crippen LogP contribution >= 0.6 is 23.2 Å². The Hall–Kier alpha value is -9.62. The lowest BCUT2D eigenvalue weighted by Gasteiger charge is -2.30. The zero-order chi connectivity index (χ0) is 57.1. The molecule has 4 aliphatic rings. The lowest BCUT2D eigenvalue weighted by Crippen LogP contribution is -2.41. The number of carbonyl (C=O) groups is 8. The number of benzene rings is 12. The summed E-state index contributed by atoms with van der Waals surface area (Å²) in [4.78, 5) is 119. The first-order chi connectivity index (χ1) is 40.9. The predicted molar refractivity (Wildman–Crippen MR) is 325 cm³/mol. The van der Waals surface area contributed by atoms with Crippen molar-refractivity contribution in [1.82, 2.24) is 19.6 Å². The first kappa shape index (κ1) is 50.1. The predicted octanol–water partition coefficient (Wildman–Crippen LogP) is 14.9. The van der Waals surface area contributed by atoms with E-state index in [1.54, 1.807) is 84.9 Å². The molecule has 0 N–H and O–H groups in total. The monoisotopic (exact) mass is 1140 g/mol. The summed E-state index contributed by atoms with van der Waals surface area (Å²) in [5.41, 5.74) is 5.01. The van der Waals surface area contributed by atoms with Gasteiger partial charge >= 0.3 is 0 Å². The normalized spacial score (nSPS) is 15.1. The van der Waals surface area contributed by atoms with Gasteiger partial charge in [-0.2, -0.15) is 0 Å². The minimum atomic E-state index is -0.388. The minimum Gasteiger partial charge on any atom is -0.274 e. The smallest absolute Gasteiger partial charge is 0.261 e. The van der Waals surface area contributed by atoms with Crippen LogP contribution in [0.4, 0.5) is 0 Å². The molecule has 0 bridgehead atoms. The fourth-order valence-corrected chi connectivity index (χ4v) is 14.7. The summed E-state index contributed by atoms with van der Waals surface area (Å²) in [5, 5.41) is 13.2. The van der Waals surface area contributed by atoms with E-state index in [4.69, 9.17) is 23.2 Å². The Bertz CT molecular complexity index is 4550. The third kappa shape index (κ3) is 7.01. The fourth-order valence-electron chi connectivity index (χ4n) is 14.3. The van der Waals surface area contributed by atoms with E-state index in [0.717, 1.165) is 101 Å². The lowest BCUT2D eigenvalue weighted by molar-refractivity contribution is 0.0583. The van der Waals surface area contributed by atoms with Gasteiger partial charge in [0, 0.05) is 89.2 Å². The summed E-state index contributed by atoms with van der Waals surface area (Å²) < 4.78 is 0. The van der Waals surface area contributed by atoms with Crippen molar-refractivity contribution in [3.05, 3.63) is 211 Å². The Kier molecular flexibility index (Phi) is 11.0. The summed E-state index contributed by atoms with van der Waals surface area (Å²) in [6, 6.07) is 43.7. The summed E-state index contributed by atoms with van der Waals surface area (Å²) in [5.74, 6) is -2.94. The van der Waals surface area contributed by atoms with Crippen molar-refractivity contribution in [1.29, 1.82) is 0 Å². The largest absolute Gasteiger partial charge is 0.274 e. The second kappa shape index (κ2) is 18.4. The SMILES string of the molecule is O=C1c2ccc3c4ccc5c6c(ccc(c7ccc(c2c37)C(=O)N1CCCCCCCCN1C(=O)c2ccc3c7ccc8c9c(ccc(c%10ccc(c2c3%10)C1=O)c97)C(=O)N(Cc1cccc(Cl)c1)C8=O)c64)C(=O)N(Cc1cccc(Cl)c1)C5=O. The van der Waals surface area contributed by atoms with Gasteiger partial charge in [-0.25, -0.2) is 0 Å². The molecule has 0 fully saturated rings. The van der Waals surface area contributed by atoms with Crippen molar-refractivity contribution < 1.29 is 38.4 Å². The van der Waals surface area contributed by atoms with Crippen LogP contribution in [0.2, 0.25) is 10.0 Å². The molecule has 12 aromatic rings. The van der Waals surface area contributed by atoms with Gasteiger partial charge in [0.05, 0.1) is 13.1 Å². The van der Waals surface area contributed by atoms with Gasteiger partial charge in [0.2, 0.25) is 0 Å². The number of nitrogens with zero attached hydrogens (tertiary/aromatic N) is 4. The molecule has 0 aliphatic carbocycles. The molecule has 8 amide bonds. The molecule has 0 atom stereocenters. The second-order valence-corrected chi connectivity index (χ2v) is 23.5. The highest BCUT2D eigenvalue weighted by Crippen LogP contribution is 2.49. The number of rotatable bonds is 13. The highest BCUT2D eigenvalue weighted by atomic mass is 35.5. The standard InChI is InChI=1S/C70H44Cl2N4O8/c71-37-11-7-9-35(31-37)33-75-67(81)51-25-17-43-39-13-21-47-59-48(22-14-40(55(39)59)44-18-26-52(68(75)82)61(51)57(43)44)64(78)73(63(47)77)29-5-3-1-2-4-6-30-74-65(79)49-23-15-41-45-19-27-53-62-54(70(84)76(69(53)83)34-36-10-8-12-38(72)32-36)28-20-46(58(45)62)42-16-24-50(66(74)80)60(49)56(41)42/h7-28,31-32H,1-6,29-30,33-34H2. The van der Waals surface area contributed by atoms with E-state index in [-0.39, 0.29) is 73.4 Å². The molecule has 4 aliphatic heterocycles. The van der Waals surface area contributed by atoms with Gasteiger partial charge in [-0.05, 0) is 161 Å². The number of fused-ring (bicyclic) bond motifs is 4. The first-order valence-corrected chi connectivity index (χ1v) is 29.0. The lowest BCUT2D eigenvalue weighted by atomic mass is 9.82. The van der Waals surface area contributed by atoms with E-state index < -0.39 is 0 Å². The molecular weight excluding hydrogens is 1100 g/mol. The molecule has 12 nitrogen and oxygen atoms in total. The van der Waals surface area contributed by atoms with Crippen molar-refractivity contribution >= 4 is 157 Å². The van der Waals surface area contributed by atoms with Crippen molar-refractivity contribution in [2.45, 2.75) is 51.6 Å². The van der Waals surface area contributed by atoms with Crippen LogP contribution in [0.1, 0.15) is 133 Å². The molecular formula is C70H44Cl2N4O8. The summed E-state index contributed by atoms with van der Waals surface area (Å²) >= 11 is 12.5. The topological polar surface area (TPSA) is 150 Å². The highest BCUT2D eigenvalue weighted by Gasteiger charge is 2.40. The van der Waals surface area contributed by atoms with E-state index in [1.165, 1.54) is 19.6 Å². The average Bonchev–Trinajstić information content (AvgIpc) is 0.760. The molecule has 0 unspecified atom stereocenters. The molecule has 84 heavy (non-hydrogen) atoms. The molecule has 4 heterocycles. The maximum absolute atomic E-state index is 14.3. The van der Waals surface area contributed by atoms with Gasteiger partial charge in [-0.1, -0.05) is 122 Å². The number of unbranched alkanes of at least 4 members (excludes halogenated alkanes) is 5. The van der Waals surface area contributed by atoms with E-state index >= 15 is 0 Å². The number of halogens is 2. The highest BCUT2D eigenvalue weighted by molar-refractivity contribution is 6.43. The van der Waals surface area contributed by atoms with Gasteiger partial charge in [0.15, 0.2) is 0 Å². The third-order valence-corrected chi connectivity index (χ3v) is 18.6. The quantitative estimate of drug-likeness (QED) is 0.0479. The van der Waals surface area contributed by atoms with Gasteiger partial charge in [0.1, 0.15) is 0 Å². The Balaban J connectivity index is 0.586. The fraction of sp³-hybridized carbons (Fsp3) is 0.143. The number of hydrogen-bond donors (Lipinski definition) is 0. The van der Waals surface area contributed by atoms with Crippen LogP contribution in [-0.4, -0.2) is 79.9 Å². The van der Waals surface area contributed by atoms with Crippen molar-refractivity contribution in [2.24, 2.45) is 0 Å². The summed E-state index contributed by atoms with van der Waals surface area (Å²) in [6.07, 6.45) is 4.40. The average molecular weight is 1140 g/mol. The van der Waals surface area contributed by atoms with E-state index in [0.29, 0.717) is 88.9 Å². The van der Waals surface area contributed by atoms with E-state index in [2.05, 4.69) is 0 Å². The molecule has 0 saturated carbocycles. The van der Waals surface area contributed by atoms with Gasteiger partial charge in [-0.15, -0.1) is 0 Å². The Labute approximate surface area is 487 Å². The first-order valence-electron chi connectivity index (χ1n) is 28.2. The zero-order valence-electron chi connectivity index (χ0n) is 44.7. The number of carbonyl (C=O) groups excluding carboxylic acids is 8. The number of amides is 8. The molecule has 0 saturated heterocycles. The Morgan fingerprint density at radius 3 is 0.714 bits per heavy atom. The second-order valence-electron chi connectivity index (χ2n) is 22.6.